The number of carbonyl (C=O) groups is 1. The third-order valence-corrected chi connectivity index (χ3v) is 2.96. The van der Waals surface area contributed by atoms with E-state index in [-0.39, 0.29) is 0 Å². The molecule has 0 saturated heterocycles. The molecule has 0 saturated carbocycles. The molecule has 21 heavy (non-hydrogen) atoms. The highest BCUT2D eigenvalue weighted by Gasteiger charge is 2.00. The van der Waals surface area contributed by atoms with Gasteiger partial charge in [0.15, 0.2) is 0 Å². The van der Waals surface area contributed by atoms with E-state index in [1.54, 1.807) is 12.1 Å². The summed E-state index contributed by atoms with van der Waals surface area (Å²) < 4.78 is 0. The normalized spacial score (nSPS) is 10.6. The lowest BCUT2D eigenvalue weighted by molar-refractivity contribution is 0.248. The Hall–Kier alpha value is -2.73. The summed E-state index contributed by atoms with van der Waals surface area (Å²) in [5.41, 5.74) is 5.81. The molecule has 0 radical (unpaired) electrons. The molecule has 0 aliphatic rings. The second kappa shape index (κ2) is 6.62. The van der Waals surface area contributed by atoms with Crippen molar-refractivity contribution in [3.05, 3.63) is 48.5 Å². The van der Waals surface area contributed by atoms with E-state index in [1.165, 1.54) is 0 Å². The molecule has 0 atom stereocenters. The average Bonchev–Trinajstić information content (AvgIpc) is 2.53. The van der Waals surface area contributed by atoms with E-state index in [9.17, 15) is 4.79 Å². The van der Waals surface area contributed by atoms with E-state index >= 15 is 0 Å². The van der Waals surface area contributed by atoms with Gasteiger partial charge in [-0.15, -0.1) is 5.11 Å². The zero-order chi connectivity index (χ0) is 15.2. The molecule has 6 nitrogen and oxygen atoms in total. The number of anilines is 1. The number of hydrogen-bond donors (Lipinski definition) is 2. The molecule has 2 aromatic carbocycles. The minimum absolute atomic E-state index is 0.590. The summed E-state index contributed by atoms with van der Waals surface area (Å²) in [4.78, 5) is 12.9. The fourth-order valence-corrected chi connectivity index (χ4v) is 1.80. The molecule has 6 heteroatoms. The second-order valence-corrected chi connectivity index (χ2v) is 4.64. The first-order chi connectivity index (χ1) is 10.1. The van der Waals surface area contributed by atoms with Crippen molar-refractivity contribution in [3.63, 3.8) is 0 Å². The van der Waals surface area contributed by atoms with Crippen molar-refractivity contribution >= 4 is 17.4 Å². The van der Waals surface area contributed by atoms with Crippen molar-refractivity contribution in [2.24, 2.45) is 16.1 Å². The van der Waals surface area contributed by atoms with Crippen LogP contribution in [0, 0.1) is 0 Å². The van der Waals surface area contributed by atoms with Crippen LogP contribution >= 0.6 is 0 Å². The minimum Gasteiger partial charge on any atom is -0.378 e. The molecular weight excluding hydrogens is 266 g/mol. The molecule has 0 spiro atoms. The van der Waals surface area contributed by atoms with Crippen LogP contribution in [0.15, 0.2) is 58.8 Å². The van der Waals surface area contributed by atoms with Crippen LogP contribution in [-0.2, 0) is 0 Å². The van der Waals surface area contributed by atoms with E-state index in [1.807, 2.05) is 31.7 Å². The van der Waals surface area contributed by atoms with Gasteiger partial charge in [0, 0.05) is 19.8 Å². The Balaban J connectivity index is 2.15. The maximum Gasteiger partial charge on any atom is 0.373 e. The van der Waals surface area contributed by atoms with Crippen LogP contribution < -0.4 is 16.2 Å². The van der Waals surface area contributed by atoms with Gasteiger partial charge in [0.2, 0.25) is 0 Å². The van der Waals surface area contributed by atoms with Gasteiger partial charge in [-0.3, -0.25) is 5.43 Å². The molecule has 0 unspecified atom stereocenters. The first-order valence-electron chi connectivity index (χ1n) is 6.40. The highest BCUT2D eigenvalue weighted by atomic mass is 16.2. The van der Waals surface area contributed by atoms with Crippen LogP contribution in [0.5, 0.6) is 0 Å². The van der Waals surface area contributed by atoms with Crippen LogP contribution in [-0.4, -0.2) is 20.1 Å². The number of nitrogens with two attached hydrogens (primary N) is 1. The predicted octanol–water partition coefficient (Wildman–Crippen LogP) is 3.09. The number of hydrazine groups is 1. The molecule has 2 amide bonds. The van der Waals surface area contributed by atoms with Crippen LogP contribution in [0.25, 0.3) is 11.1 Å². The summed E-state index contributed by atoms with van der Waals surface area (Å²) in [7, 11) is 4.01. The Morgan fingerprint density at radius 3 is 2.00 bits per heavy atom. The highest BCUT2D eigenvalue weighted by molar-refractivity contribution is 5.74. The van der Waals surface area contributed by atoms with Crippen molar-refractivity contribution in [3.8, 4) is 11.1 Å². The largest absolute Gasteiger partial charge is 0.378 e. The molecular formula is C15H17N5O. The molecule has 2 rings (SSSR count). The average molecular weight is 283 g/mol. The first kappa shape index (κ1) is 14.7. The number of benzene rings is 2. The van der Waals surface area contributed by atoms with Crippen molar-refractivity contribution in [2.45, 2.75) is 0 Å². The monoisotopic (exact) mass is 283 g/mol. The minimum atomic E-state index is -0.682. The van der Waals surface area contributed by atoms with E-state index in [4.69, 9.17) is 5.84 Å². The van der Waals surface area contributed by atoms with Gasteiger partial charge >= 0.3 is 6.03 Å². The molecule has 3 N–H and O–H groups in total. The summed E-state index contributed by atoms with van der Waals surface area (Å²) in [5.74, 6) is 4.91. The molecule has 0 aliphatic heterocycles. The molecule has 0 fully saturated rings. The number of urea groups is 1. The molecule has 2 aromatic rings. The maximum atomic E-state index is 10.9. The third kappa shape index (κ3) is 3.87. The fraction of sp³-hybridized carbons (Fsp3) is 0.133. The van der Waals surface area contributed by atoms with Crippen LogP contribution in [0.4, 0.5) is 16.2 Å². The van der Waals surface area contributed by atoms with Gasteiger partial charge in [0.05, 0.1) is 5.69 Å². The van der Waals surface area contributed by atoms with Gasteiger partial charge in [-0.2, -0.15) is 0 Å². The summed E-state index contributed by atoms with van der Waals surface area (Å²) in [5, 5.41) is 7.17. The van der Waals surface area contributed by atoms with Gasteiger partial charge in [0.1, 0.15) is 0 Å². The molecule has 0 aliphatic carbocycles. The molecule has 108 valence electrons. The summed E-state index contributed by atoms with van der Waals surface area (Å²) in [6.07, 6.45) is 0. The lowest BCUT2D eigenvalue weighted by Gasteiger charge is -2.12. The van der Waals surface area contributed by atoms with Crippen molar-refractivity contribution in [2.75, 3.05) is 19.0 Å². The number of nitrogens with zero attached hydrogens (tertiary/aromatic N) is 3. The predicted molar refractivity (Wildman–Crippen MR) is 83.4 cm³/mol. The topological polar surface area (TPSA) is 83.1 Å². The lowest BCUT2D eigenvalue weighted by atomic mass is 10.1. The maximum absolute atomic E-state index is 10.9. The van der Waals surface area contributed by atoms with Gasteiger partial charge < -0.3 is 4.90 Å². The highest BCUT2D eigenvalue weighted by Crippen LogP contribution is 2.24. The van der Waals surface area contributed by atoms with Crippen molar-refractivity contribution < 1.29 is 4.79 Å². The molecule has 0 aromatic heterocycles. The van der Waals surface area contributed by atoms with Crippen molar-refractivity contribution in [1.82, 2.24) is 5.43 Å². The van der Waals surface area contributed by atoms with E-state index in [0.717, 1.165) is 16.8 Å². The number of nitrogens with one attached hydrogen (secondary N) is 1. The van der Waals surface area contributed by atoms with Crippen molar-refractivity contribution in [1.29, 1.82) is 0 Å². The third-order valence-electron chi connectivity index (χ3n) is 2.96. The van der Waals surface area contributed by atoms with E-state index in [2.05, 4.69) is 39.4 Å². The number of rotatable bonds is 3. The van der Waals surface area contributed by atoms with E-state index in [0.29, 0.717) is 5.69 Å². The Morgan fingerprint density at radius 1 is 1.00 bits per heavy atom. The summed E-state index contributed by atoms with van der Waals surface area (Å²) >= 11 is 0. The SMILES string of the molecule is CN(C)c1ccc(-c2ccc(N=NC(=O)NN)cc2)cc1. The zero-order valence-electron chi connectivity index (χ0n) is 11.9. The second-order valence-electron chi connectivity index (χ2n) is 4.64. The summed E-state index contributed by atoms with van der Waals surface area (Å²) in [6, 6.07) is 15.0. The Kier molecular flexibility index (Phi) is 4.63. The number of azo groups is 1. The quantitative estimate of drug-likeness (QED) is 0.393. The van der Waals surface area contributed by atoms with Gasteiger partial charge in [-0.25, -0.2) is 10.6 Å². The Labute approximate surface area is 123 Å². The number of carbonyl (C=O) groups excluding carboxylic acids is 1. The van der Waals surface area contributed by atoms with Crippen LogP contribution in [0.2, 0.25) is 0 Å². The Morgan fingerprint density at radius 2 is 1.52 bits per heavy atom. The smallest absolute Gasteiger partial charge is 0.373 e. The molecule has 0 bridgehead atoms. The fourth-order valence-electron chi connectivity index (χ4n) is 1.80. The first-order valence-corrected chi connectivity index (χ1v) is 6.40. The number of hydrogen-bond acceptors (Lipinski definition) is 4. The standard InChI is InChI=1S/C15H17N5O/c1-20(2)14-9-5-12(6-10-14)11-3-7-13(8-4-11)18-19-15(21)17-16/h3-10H,16H2,1-2H3,(H,17,21). The lowest BCUT2D eigenvalue weighted by Crippen LogP contribution is -2.26. The van der Waals surface area contributed by atoms with Gasteiger partial charge in [-0.05, 0) is 35.4 Å². The van der Waals surface area contributed by atoms with Crippen LogP contribution in [0.3, 0.4) is 0 Å². The Bertz CT molecular complexity index is 632. The number of amides is 2. The molecule has 0 heterocycles. The van der Waals surface area contributed by atoms with Gasteiger partial charge in [-0.1, -0.05) is 29.4 Å². The zero-order valence-corrected chi connectivity index (χ0v) is 11.9. The summed E-state index contributed by atoms with van der Waals surface area (Å²) in [6.45, 7) is 0. The van der Waals surface area contributed by atoms with Crippen LogP contribution in [0.1, 0.15) is 0 Å². The van der Waals surface area contributed by atoms with E-state index < -0.39 is 6.03 Å². The van der Waals surface area contributed by atoms with Gasteiger partial charge in [0.25, 0.3) is 0 Å².